The van der Waals surface area contributed by atoms with Gasteiger partial charge in [0.25, 0.3) is 0 Å². The molecule has 2 aromatic heterocycles. The van der Waals surface area contributed by atoms with Gasteiger partial charge in [-0.25, -0.2) is 14.2 Å². The predicted molar refractivity (Wildman–Crippen MR) is 106 cm³/mol. The largest absolute Gasteiger partial charge is 1.00 e. The molecule has 0 amide bonds. The van der Waals surface area contributed by atoms with E-state index in [-0.39, 0.29) is 24.7 Å². The summed E-state index contributed by atoms with van der Waals surface area (Å²) in [6.45, 7) is 0.835. The fraction of sp³-hybridized carbons (Fsp3) is 0.263. The van der Waals surface area contributed by atoms with Crippen molar-refractivity contribution in [3.63, 3.8) is 0 Å². The van der Waals surface area contributed by atoms with Crippen LogP contribution in [0.25, 0.3) is 0 Å². The predicted octanol–water partition coefficient (Wildman–Crippen LogP) is -2.56. The Bertz CT molecular complexity index is 979. The van der Waals surface area contributed by atoms with E-state index in [1.54, 1.807) is 23.0 Å². The molecule has 0 bridgehead atoms. The van der Waals surface area contributed by atoms with Crippen molar-refractivity contribution in [2.24, 2.45) is 12.0 Å². The molecule has 0 fully saturated rings. The van der Waals surface area contributed by atoms with Crippen LogP contribution in [0, 0.1) is 5.41 Å². The number of nitrogen functional groups attached to an aromatic ring is 1. The number of halogens is 1. The Morgan fingerprint density at radius 1 is 1.41 bits per heavy atom. The summed E-state index contributed by atoms with van der Waals surface area (Å²) in [5.41, 5.74) is 9.24. The first-order valence-corrected chi connectivity index (χ1v) is 8.77. The van der Waals surface area contributed by atoms with E-state index in [0.717, 1.165) is 5.56 Å². The minimum atomic E-state index is -0.0343. The molecule has 0 aliphatic heterocycles. The van der Waals surface area contributed by atoms with E-state index in [0.29, 0.717) is 41.8 Å². The molecule has 2 heterocycles. The fourth-order valence-corrected chi connectivity index (χ4v) is 2.81. The number of allylic oxidation sites excluding steroid dienone is 2. The number of aliphatic imine (C=N–C) groups is 1. The highest BCUT2D eigenvalue weighted by Gasteiger charge is 2.18. The smallest absolute Gasteiger partial charge is 0.173 e. The zero-order chi connectivity index (χ0) is 20.1. The maximum atomic E-state index is 9.09. The van der Waals surface area contributed by atoms with Crippen molar-refractivity contribution in [1.29, 1.82) is 5.41 Å². The first-order valence-electron chi connectivity index (χ1n) is 8.77. The molecule has 29 heavy (non-hydrogen) atoms. The van der Waals surface area contributed by atoms with E-state index in [1.165, 1.54) is 7.11 Å². The summed E-state index contributed by atoms with van der Waals surface area (Å²) in [5, 5.41) is 24.5. The van der Waals surface area contributed by atoms with E-state index in [2.05, 4.69) is 15.4 Å². The number of nitrogens with one attached hydrogen (secondary N) is 2. The standard InChI is InChI=1S/C19H24N7O2.ClH/c1-25-6-3-4-13(11-25)12-26-19(21)17(10-23-26)24-16-9-18(28-2)14(20)8-15(16)22-5-7-27;/h3-4,6,8-11,20,22,27H,5,7,12,21H2,1-2H3;1H/q+1;/p-1/b20-14?,24-16+;. The minimum absolute atomic E-state index is 0. The second kappa shape index (κ2) is 9.85. The van der Waals surface area contributed by atoms with Gasteiger partial charge in [0.2, 0.25) is 0 Å². The van der Waals surface area contributed by atoms with E-state index in [1.807, 2.05) is 36.1 Å². The van der Waals surface area contributed by atoms with Crippen molar-refractivity contribution in [2.45, 2.75) is 6.54 Å². The van der Waals surface area contributed by atoms with Gasteiger partial charge in [-0.15, -0.1) is 0 Å². The number of aliphatic hydroxyl groups excluding tert-OH is 1. The number of rotatable bonds is 7. The number of nitrogens with two attached hydrogens (primary N) is 1. The second-order valence-corrected chi connectivity index (χ2v) is 6.28. The molecule has 0 spiro atoms. The molecule has 2 aromatic rings. The van der Waals surface area contributed by atoms with Crippen LogP contribution in [0.2, 0.25) is 0 Å². The van der Waals surface area contributed by atoms with Gasteiger partial charge in [-0.1, -0.05) is 0 Å². The van der Waals surface area contributed by atoms with Gasteiger partial charge in [-0.2, -0.15) is 5.10 Å². The van der Waals surface area contributed by atoms with Crippen molar-refractivity contribution in [3.05, 3.63) is 59.9 Å². The lowest BCUT2D eigenvalue weighted by Crippen LogP contribution is -3.00. The zero-order valence-corrected chi connectivity index (χ0v) is 17.0. The number of ether oxygens (including phenoxy) is 1. The number of aromatic nitrogens is 3. The van der Waals surface area contributed by atoms with Gasteiger partial charge in [0.15, 0.2) is 12.4 Å². The molecule has 0 unspecified atom stereocenters. The average molecular weight is 418 g/mol. The van der Waals surface area contributed by atoms with E-state index in [9.17, 15) is 0 Å². The molecule has 0 saturated heterocycles. The minimum Gasteiger partial charge on any atom is -1.00 e. The van der Waals surface area contributed by atoms with Crippen LogP contribution in [-0.4, -0.2) is 46.6 Å². The summed E-state index contributed by atoms with van der Waals surface area (Å²) in [6, 6.07) is 3.97. The van der Waals surface area contributed by atoms with Crippen LogP contribution in [0.3, 0.4) is 0 Å². The number of aliphatic hydroxyl groups is 1. The normalized spacial score (nSPS) is 14.9. The molecule has 5 N–H and O–H groups in total. The third-order valence-corrected chi connectivity index (χ3v) is 4.18. The first kappa shape index (κ1) is 22.1. The molecule has 0 saturated carbocycles. The maximum absolute atomic E-state index is 9.09. The maximum Gasteiger partial charge on any atom is 0.173 e. The van der Waals surface area contributed by atoms with Crippen molar-refractivity contribution in [3.8, 4) is 0 Å². The molecule has 9 nitrogen and oxygen atoms in total. The highest BCUT2D eigenvalue weighted by atomic mass is 35.5. The quantitative estimate of drug-likeness (QED) is 0.291. The molecular weight excluding hydrogens is 394 g/mol. The van der Waals surface area contributed by atoms with Crippen molar-refractivity contribution < 1.29 is 26.8 Å². The number of hydrogen-bond acceptors (Lipinski definition) is 7. The third-order valence-electron chi connectivity index (χ3n) is 4.18. The molecule has 1 aliphatic carbocycles. The second-order valence-electron chi connectivity index (χ2n) is 6.28. The molecule has 1 aliphatic rings. The Morgan fingerprint density at radius 2 is 2.21 bits per heavy atom. The van der Waals surface area contributed by atoms with E-state index < -0.39 is 0 Å². The number of hydrogen-bond donors (Lipinski definition) is 4. The Hall–Kier alpha value is -3.17. The van der Waals surface area contributed by atoms with Crippen LogP contribution in [0.4, 0.5) is 11.5 Å². The topological polar surface area (TPSA) is 125 Å². The summed E-state index contributed by atoms with van der Waals surface area (Å²) in [4.78, 5) is 4.60. The number of nitrogens with zero attached hydrogens (tertiary/aromatic N) is 4. The lowest BCUT2D eigenvalue weighted by atomic mass is 10.1. The lowest BCUT2D eigenvalue weighted by molar-refractivity contribution is -0.671. The molecule has 10 heteroatoms. The monoisotopic (exact) mass is 417 g/mol. The highest BCUT2D eigenvalue weighted by molar-refractivity contribution is 6.22. The van der Waals surface area contributed by atoms with Crippen molar-refractivity contribution >= 4 is 22.9 Å². The summed E-state index contributed by atoms with van der Waals surface area (Å²) in [5.74, 6) is 0.838. The van der Waals surface area contributed by atoms with Gasteiger partial charge in [0.05, 0.1) is 43.6 Å². The summed E-state index contributed by atoms with van der Waals surface area (Å²) < 4.78 is 8.88. The van der Waals surface area contributed by atoms with Crippen molar-refractivity contribution in [1.82, 2.24) is 15.1 Å². The van der Waals surface area contributed by atoms with Gasteiger partial charge >= 0.3 is 0 Å². The Balaban J connectivity index is 0.00000300. The molecule has 0 atom stereocenters. The SMILES string of the molecule is COC1=C/C(=N\c2cnn(Cc3ccc[n+](C)c3)c2N)C(NCCO)=CC1=N.[Cl-]. The Kier molecular flexibility index (Phi) is 7.52. The summed E-state index contributed by atoms with van der Waals surface area (Å²) >= 11 is 0. The number of anilines is 1. The highest BCUT2D eigenvalue weighted by Crippen LogP contribution is 2.24. The summed E-state index contributed by atoms with van der Waals surface area (Å²) in [7, 11) is 3.46. The van der Waals surface area contributed by atoms with Crippen LogP contribution < -0.4 is 28.0 Å². The first-order chi connectivity index (χ1) is 13.5. The summed E-state index contributed by atoms with van der Waals surface area (Å²) in [6.07, 6.45) is 8.84. The Morgan fingerprint density at radius 3 is 2.90 bits per heavy atom. The molecule has 3 rings (SSSR count). The molecular formula is C19H24ClN7O2. The van der Waals surface area contributed by atoms with Crippen molar-refractivity contribution in [2.75, 3.05) is 26.0 Å². The van der Waals surface area contributed by atoms with Gasteiger partial charge in [0, 0.05) is 24.3 Å². The van der Waals surface area contributed by atoms with Crippen LogP contribution in [-0.2, 0) is 18.3 Å². The Labute approximate surface area is 175 Å². The van der Waals surface area contributed by atoms with Gasteiger partial charge in [-0.05, 0) is 12.1 Å². The number of aryl methyl sites for hydroxylation is 1. The van der Waals surface area contributed by atoms with Gasteiger partial charge in [0.1, 0.15) is 24.3 Å². The molecule has 154 valence electrons. The number of methoxy groups -OCH3 is 1. The van der Waals surface area contributed by atoms with Gasteiger partial charge < -0.3 is 33.3 Å². The van der Waals surface area contributed by atoms with Gasteiger partial charge in [-0.3, -0.25) is 5.41 Å². The lowest BCUT2D eigenvalue weighted by Gasteiger charge is -2.17. The molecule has 0 radical (unpaired) electrons. The van der Waals surface area contributed by atoms with Crippen LogP contribution >= 0.6 is 0 Å². The average Bonchev–Trinajstić information content (AvgIpc) is 3.01. The van der Waals surface area contributed by atoms with E-state index in [4.69, 9.17) is 21.0 Å². The van der Waals surface area contributed by atoms with E-state index >= 15 is 0 Å². The number of pyridine rings is 1. The van der Waals surface area contributed by atoms with Crippen LogP contribution in [0.5, 0.6) is 0 Å². The van der Waals surface area contributed by atoms with Crippen LogP contribution in [0.1, 0.15) is 5.56 Å². The van der Waals surface area contributed by atoms with Crippen LogP contribution in [0.15, 0.2) is 59.3 Å². The third kappa shape index (κ3) is 5.21. The molecule has 0 aromatic carbocycles. The fourth-order valence-electron chi connectivity index (χ4n) is 2.81. The zero-order valence-electron chi connectivity index (χ0n) is 16.3.